The highest BCUT2D eigenvalue weighted by Crippen LogP contribution is 2.49. The van der Waals surface area contributed by atoms with E-state index in [9.17, 15) is 41.8 Å². The number of carbonyl (C=O) groups is 2. The van der Waals surface area contributed by atoms with Gasteiger partial charge in [-0.15, -0.1) is 4.99 Å². The van der Waals surface area contributed by atoms with Crippen LogP contribution < -0.4 is 5.32 Å². The van der Waals surface area contributed by atoms with Crippen LogP contribution in [-0.2, 0) is 10.3 Å². The second kappa shape index (κ2) is 12.7. The van der Waals surface area contributed by atoms with Gasteiger partial charge in [0, 0.05) is 11.1 Å². The quantitative estimate of drug-likeness (QED) is 0.168. The van der Waals surface area contributed by atoms with E-state index in [1.807, 2.05) is 0 Å². The molecule has 0 unspecified atom stereocenters. The molecule has 3 N–H and O–H groups in total. The number of alkyl halides is 5. The Morgan fingerprint density at radius 3 is 2.44 bits per heavy atom. The Morgan fingerprint density at radius 1 is 1.14 bits per heavy atom. The van der Waals surface area contributed by atoms with E-state index in [-0.39, 0.29) is 33.6 Å². The van der Waals surface area contributed by atoms with E-state index in [0.717, 1.165) is 37.9 Å². The molecule has 0 bridgehead atoms. The minimum Gasteiger partial charge on any atom is -0.463 e. The average molecular weight is 722 g/mol. The second-order valence-corrected chi connectivity index (χ2v) is 13.0. The normalized spacial score (nSPS) is 19.8. The summed E-state index contributed by atoms with van der Waals surface area (Å²) in [5.41, 5.74) is -3.71. The lowest BCUT2D eigenvalue weighted by Crippen LogP contribution is -2.50. The number of carboxylic acid groups (broad SMARTS) is 1. The van der Waals surface area contributed by atoms with E-state index < -0.39 is 60.7 Å². The first-order chi connectivity index (χ1) is 23.6. The van der Waals surface area contributed by atoms with Crippen molar-refractivity contribution in [3.05, 3.63) is 71.1 Å². The molecule has 264 valence electrons. The maximum Gasteiger partial charge on any atom is 0.434 e. The maximum atomic E-state index is 14.7. The highest BCUT2D eigenvalue weighted by Gasteiger charge is 2.60. The van der Waals surface area contributed by atoms with Gasteiger partial charge in [-0.25, -0.2) is 9.78 Å². The van der Waals surface area contributed by atoms with Gasteiger partial charge in [0.1, 0.15) is 17.6 Å². The minimum absolute atomic E-state index is 0.0391. The third-order valence-electron chi connectivity index (χ3n) is 8.73. The highest BCUT2D eigenvalue weighted by molar-refractivity contribution is 6.33. The molecule has 2 aromatic carbocycles. The first-order valence-electron chi connectivity index (χ1n) is 15.2. The molecule has 2 atom stereocenters. The summed E-state index contributed by atoms with van der Waals surface area (Å²) in [6.45, 7) is -2.20. The van der Waals surface area contributed by atoms with Gasteiger partial charge in [0.05, 0.1) is 35.3 Å². The van der Waals surface area contributed by atoms with Gasteiger partial charge in [-0.05, 0) is 42.5 Å². The van der Waals surface area contributed by atoms with Crippen molar-refractivity contribution >= 4 is 29.6 Å². The van der Waals surface area contributed by atoms with E-state index in [2.05, 4.69) is 30.6 Å². The third kappa shape index (κ3) is 6.28. The summed E-state index contributed by atoms with van der Waals surface area (Å²) in [5.74, 6) is -2.08. The second-order valence-electron chi connectivity index (χ2n) is 12.6. The largest absolute Gasteiger partial charge is 0.463 e. The summed E-state index contributed by atoms with van der Waals surface area (Å²) in [6, 6.07) is 8.53. The van der Waals surface area contributed by atoms with Crippen LogP contribution in [0.2, 0.25) is 5.02 Å². The molecule has 50 heavy (non-hydrogen) atoms. The van der Waals surface area contributed by atoms with Gasteiger partial charge in [0.15, 0.2) is 5.82 Å². The lowest BCUT2D eigenvalue weighted by molar-refractivity contribution is -0.218. The predicted molar refractivity (Wildman–Crippen MR) is 167 cm³/mol. The summed E-state index contributed by atoms with van der Waals surface area (Å²) in [6.07, 6.45) is -3.22. The van der Waals surface area contributed by atoms with E-state index in [1.165, 1.54) is 30.3 Å². The number of hydrogen-bond acceptors (Lipinski definition) is 7. The number of aliphatic imine (C=N–C) groups is 1. The van der Waals surface area contributed by atoms with Gasteiger partial charge in [0.2, 0.25) is 5.96 Å². The van der Waals surface area contributed by atoms with Gasteiger partial charge in [0.25, 0.3) is 5.91 Å². The summed E-state index contributed by atoms with van der Waals surface area (Å²) >= 11 is 6.32. The molecule has 6 rings (SSSR count). The summed E-state index contributed by atoms with van der Waals surface area (Å²) in [7, 11) is 0. The monoisotopic (exact) mass is 721 g/mol. The fraction of sp³-hybridized carbons (Fsp3) is 0.387. The van der Waals surface area contributed by atoms with Crippen LogP contribution in [-0.4, -0.2) is 75.6 Å². The number of aliphatic hydroxyl groups excluding tert-OH is 1. The van der Waals surface area contributed by atoms with E-state index in [0.29, 0.717) is 15.9 Å². The van der Waals surface area contributed by atoms with Crippen molar-refractivity contribution in [2.24, 2.45) is 10.4 Å². The van der Waals surface area contributed by atoms with Gasteiger partial charge in [-0.1, -0.05) is 55.8 Å². The van der Waals surface area contributed by atoms with Crippen LogP contribution in [0.3, 0.4) is 0 Å². The highest BCUT2D eigenvalue weighted by atomic mass is 35.5. The number of nitrogens with zero attached hydrogens (tertiary/aromatic N) is 8. The van der Waals surface area contributed by atoms with Crippen molar-refractivity contribution in [2.45, 2.75) is 63.5 Å². The van der Waals surface area contributed by atoms with Gasteiger partial charge in [-0.3, -0.25) is 9.69 Å². The number of hydrogen-bond donors (Lipinski definition) is 3. The lowest BCUT2D eigenvalue weighted by Gasteiger charge is -2.37. The zero-order valence-corrected chi connectivity index (χ0v) is 27.1. The van der Waals surface area contributed by atoms with Crippen LogP contribution >= 0.6 is 11.6 Å². The Bertz CT molecular complexity index is 1960. The van der Waals surface area contributed by atoms with Crippen LogP contribution in [0.4, 0.5) is 26.7 Å². The van der Waals surface area contributed by atoms with Gasteiger partial charge < -0.3 is 15.5 Å². The first kappa shape index (κ1) is 34.9. The van der Waals surface area contributed by atoms with Crippen molar-refractivity contribution < 1.29 is 41.8 Å². The van der Waals surface area contributed by atoms with Crippen molar-refractivity contribution in [2.75, 3.05) is 6.61 Å². The lowest BCUT2D eigenvalue weighted by atomic mass is 9.74. The Hall–Kier alpha value is -4.97. The molecule has 2 amide bonds. The SMILES string of the molecule is CC(C)(C[C@]1(c2ccc(-c3cnn(C4CC4)n3)cc2)N/C(=N\C(=O)O)N([C@H](CO)c2ccc(Cl)c(-c3ncnn3C(F)F)c2)C1=O)C(F)(F)F. The molecule has 0 spiro atoms. The molecule has 2 aromatic heterocycles. The van der Waals surface area contributed by atoms with Crippen molar-refractivity contribution in [3.8, 4) is 22.6 Å². The van der Waals surface area contributed by atoms with Crippen LogP contribution in [0.5, 0.6) is 0 Å². The zero-order valence-electron chi connectivity index (χ0n) is 26.3. The van der Waals surface area contributed by atoms with Crippen LogP contribution in [0, 0.1) is 5.41 Å². The number of carbonyl (C=O) groups excluding carboxylic acids is 1. The number of amides is 2. The molecule has 1 saturated heterocycles. The van der Waals surface area contributed by atoms with E-state index in [1.54, 1.807) is 23.1 Å². The molecule has 1 aliphatic heterocycles. The number of nitrogens with one attached hydrogen (secondary N) is 1. The molecular formula is C31H29ClF5N9O4. The number of halogens is 6. The van der Waals surface area contributed by atoms with Crippen molar-refractivity contribution in [1.29, 1.82) is 0 Å². The fourth-order valence-electron chi connectivity index (χ4n) is 5.91. The Morgan fingerprint density at radius 2 is 1.84 bits per heavy atom. The number of guanidine groups is 1. The van der Waals surface area contributed by atoms with Crippen molar-refractivity contribution in [3.63, 3.8) is 0 Å². The smallest absolute Gasteiger partial charge is 0.434 e. The summed E-state index contributed by atoms with van der Waals surface area (Å²) in [4.78, 5) is 36.3. The molecule has 2 aliphatic rings. The van der Waals surface area contributed by atoms with Gasteiger partial charge in [-0.2, -0.15) is 46.7 Å². The number of aliphatic hydroxyl groups is 1. The first-order valence-corrected chi connectivity index (χ1v) is 15.6. The molecule has 1 aliphatic carbocycles. The van der Waals surface area contributed by atoms with Crippen LogP contribution in [0.25, 0.3) is 22.6 Å². The van der Waals surface area contributed by atoms with Gasteiger partial charge >= 0.3 is 18.8 Å². The molecular weight excluding hydrogens is 693 g/mol. The maximum absolute atomic E-state index is 14.7. The standard InChI is InChI=1S/C31H29ClF5N9O4/c1-29(2,31(35,36)37)14-30(18-6-3-16(4-7-18)22-12-39-46(43-22)19-8-9-19)25(48)44(27(42-30)41-28(49)50)23(13-47)17-5-10-21(32)20(11-17)24-38-15-40-45(24)26(33)34/h3-7,10-12,15,19,23,26,47H,8-9,13-14H2,1-2H3,(H,41,42)(H,49,50)/t23-,30-/m1/s1. The Balaban J connectivity index is 1.46. The molecule has 19 heteroatoms. The van der Waals surface area contributed by atoms with E-state index >= 15 is 0 Å². The average Bonchev–Trinajstić information content (AvgIpc) is 3.45. The molecule has 2 fully saturated rings. The minimum atomic E-state index is -4.82. The molecule has 0 radical (unpaired) electrons. The zero-order chi connectivity index (χ0) is 36.2. The number of rotatable bonds is 10. The van der Waals surface area contributed by atoms with E-state index in [4.69, 9.17) is 11.6 Å². The Labute approximate surface area is 285 Å². The molecule has 1 saturated carbocycles. The number of benzene rings is 2. The molecule has 3 heterocycles. The number of aromatic nitrogens is 6. The topological polar surface area (TPSA) is 164 Å². The van der Waals surface area contributed by atoms with Crippen LogP contribution in [0.1, 0.15) is 62.9 Å². The summed E-state index contributed by atoms with van der Waals surface area (Å²) < 4.78 is 70.9. The predicted octanol–water partition coefficient (Wildman–Crippen LogP) is 5.96. The molecule has 13 nitrogen and oxygen atoms in total. The summed E-state index contributed by atoms with van der Waals surface area (Å²) in [5, 5.41) is 35.2. The molecule has 4 aromatic rings. The van der Waals surface area contributed by atoms with Crippen molar-refractivity contribution in [1.82, 2.24) is 40.0 Å². The van der Waals surface area contributed by atoms with Crippen LogP contribution in [0.15, 0.2) is 60.0 Å². The third-order valence-corrected chi connectivity index (χ3v) is 9.06. The fourth-order valence-corrected chi connectivity index (χ4v) is 6.11. The Kier molecular flexibility index (Phi) is 8.88.